The highest BCUT2D eigenvalue weighted by Crippen LogP contribution is 2.38. The lowest BCUT2D eigenvalue weighted by Crippen LogP contribution is -2.47. The minimum atomic E-state index is -3.26. The van der Waals surface area contributed by atoms with Gasteiger partial charge in [0.1, 0.15) is 0 Å². The van der Waals surface area contributed by atoms with Crippen molar-refractivity contribution in [3.05, 3.63) is 17.7 Å². The van der Waals surface area contributed by atoms with Crippen molar-refractivity contribution >= 4 is 15.9 Å². The number of benzene rings is 1. The Bertz CT molecular complexity index is 748. The highest BCUT2D eigenvalue weighted by Gasteiger charge is 2.27. The molecule has 1 N–H and O–H groups in total. The van der Waals surface area contributed by atoms with Crippen molar-refractivity contribution in [3.63, 3.8) is 0 Å². The first-order valence-electron chi connectivity index (χ1n) is 9.44. The van der Waals surface area contributed by atoms with Crippen molar-refractivity contribution in [2.45, 2.75) is 38.6 Å². The molecule has 28 heavy (non-hydrogen) atoms. The number of carbonyl (C=O) groups is 1. The van der Waals surface area contributed by atoms with Crippen LogP contribution in [0.25, 0.3) is 0 Å². The van der Waals surface area contributed by atoms with Gasteiger partial charge in [0, 0.05) is 24.7 Å². The Morgan fingerprint density at radius 2 is 1.68 bits per heavy atom. The standard InChI is InChI=1S/C19H30N2O6S/c1-5-6-11-28(23,24)20-15-7-9-21(10-8-15)19(22)14-12-16(25-2)18(27-4)17(13-14)26-3/h12-13,15,20H,5-11H2,1-4H3. The molecule has 0 bridgehead atoms. The van der Waals surface area contributed by atoms with E-state index in [1.807, 2.05) is 6.92 Å². The van der Waals surface area contributed by atoms with Crippen LogP contribution in [0.5, 0.6) is 17.2 Å². The number of ether oxygens (including phenoxy) is 3. The zero-order valence-electron chi connectivity index (χ0n) is 17.0. The summed E-state index contributed by atoms with van der Waals surface area (Å²) in [7, 11) is 1.25. The van der Waals surface area contributed by atoms with Gasteiger partial charge in [0.25, 0.3) is 5.91 Å². The van der Waals surface area contributed by atoms with E-state index in [0.29, 0.717) is 55.2 Å². The monoisotopic (exact) mass is 414 g/mol. The van der Waals surface area contributed by atoms with Crippen LogP contribution in [0.1, 0.15) is 43.0 Å². The smallest absolute Gasteiger partial charge is 0.254 e. The molecule has 1 saturated heterocycles. The third-order valence-corrected chi connectivity index (χ3v) is 6.33. The predicted molar refractivity (Wildman–Crippen MR) is 107 cm³/mol. The van der Waals surface area contributed by atoms with Crippen LogP contribution < -0.4 is 18.9 Å². The fraction of sp³-hybridized carbons (Fsp3) is 0.632. The number of hydrogen-bond donors (Lipinski definition) is 1. The highest BCUT2D eigenvalue weighted by molar-refractivity contribution is 7.89. The average molecular weight is 415 g/mol. The molecule has 1 aromatic carbocycles. The van der Waals surface area contributed by atoms with Gasteiger partial charge in [0.15, 0.2) is 11.5 Å². The number of methoxy groups -OCH3 is 3. The van der Waals surface area contributed by atoms with Crippen LogP contribution in [0.15, 0.2) is 12.1 Å². The Hall–Kier alpha value is -2.00. The van der Waals surface area contributed by atoms with Crippen LogP contribution in [0.3, 0.4) is 0 Å². The molecule has 1 amide bonds. The number of unbranched alkanes of at least 4 members (excludes halogenated alkanes) is 1. The van der Waals surface area contributed by atoms with E-state index < -0.39 is 10.0 Å². The third-order valence-electron chi connectivity index (χ3n) is 4.81. The average Bonchev–Trinajstić information content (AvgIpc) is 2.70. The Labute approximate surface area is 167 Å². The van der Waals surface area contributed by atoms with E-state index in [0.717, 1.165) is 6.42 Å². The lowest BCUT2D eigenvalue weighted by Gasteiger charge is -2.32. The maximum absolute atomic E-state index is 12.9. The van der Waals surface area contributed by atoms with E-state index in [9.17, 15) is 13.2 Å². The topological polar surface area (TPSA) is 94.2 Å². The molecule has 0 unspecified atom stereocenters. The Balaban J connectivity index is 2.04. The summed E-state index contributed by atoms with van der Waals surface area (Å²) in [5.41, 5.74) is 0.441. The van der Waals surface area contributed by atoms with Gasteiger partial charge in [-0.3, -0.25) is 4.79 Å². The number of nitrogens with one attached hydrogen (secondary N) is 1. The second-order valence-corrected chi connectivity index (χ2v) is 8.64. The van der Waals surface area contributed by atoms with Crippen molar-refractivity contribution < 1.29 is 27.4 Å². The molecule has 9 heteroatoms. The summed E-state index contributed by atoms with van der Waals surface area (Å²) < 4.78 is 42.8. The third kappa shape index (κ3) is 5.51. The molecule has 1 aliphatic heterocycles. The van der Waals surface area contributed by atoms with Gasteiger partial charge >= 0.3 is 0 Å². The Morgan fingerprint density at radius 3 is 2.14 bits per heavy atom. The van der Waals surface area contributed by atoms with Crippen molar-refractivity contribution in [1.82, 2.24) is 9.62 Å². The molecule has 2 rings (SSSR count). The van der Waals surface area contributed by atoms with Gasteiger partial charge in [-0.2, -0.15) is 0 Å². The summed E-state index contributed by atoms with van der Waals surface area (Å²) in [5, 5.41) is 0. The first-order valence-corrected chi connectivity index (χ1v) is 11.1. The summed E-state index contributed by atoms with van der Waals surface area (Å²) in [6.45, 7) is 2.93. The molecule has 0 aromatic heterocycles. The van der Waals surface area contributed by atoms with E-state index in [1.54, 1.807) is 17.0 Å². The number of sulfonamides is 1. The zero-order valence-corrected chi connectivity index (χ0v) is 17.8. The van der Waals surface area contributed by atoms with Crippen LogP contribution >= 0.6 is 0 Å². The summed E-state index contributed by atoms with van der Waals surface area (Å²) in [6.07, 6.45) is 2.65. The van der Waals surface area contributed by atoms with Gasteiger partial charge in [-0.1, -0.05) is 13.3 Å². The van der Waals surface area contributed by atoms with E-state index >= 15 is 0 Å². The summed E-state index contributed by atoms with van der Waals surface area (Å²) >= 11 is 0. The van der Waals surface area contributed by atoms with Gasteiger partial charge in [-0.25, -0.2) is 13.1 Å². The molecule has 8 nitrogen and oxygen atoms in total. The maximum atomic E-state index is 12.9. The lowest BCUT2D eigenvalue weighted by molar-refractivity contribution is 0.0710. The minimum Gasteiger partial charge on any atom is -0.493 e. The fourth-order valence-corrected chi connectivity index (χ4v) is 4.76. The number of piperidine rings is 1. The van der Waals surface area contributed by atoms with Crippen molar-refractivity contribution in [2.75, 3.05) is 40.2 Å². The first kappa shape index (κ1) is 22.3. The number of carbonyl (C=O) groups excluding carboxylic acids is 1. The lowest BCUT2D eigenvalue weighted by atomic mass is 10.0. The van der Waals surface area contributed by atoms with Crippen LogP contribution in [-0.2, 0) is 10.0 Å². The summed E-state index contributed by atoms with van der Waals surface area (Å²) in [4.78, 5) is 14.6. The van der Waals surface area contributed by atoms with Gasteiger partial charge in [0.05, 0.1) is 27.1 Å². The number of amides is 1. The Kier molecular flexibility index (Phi) is 7.94. The number of likely N-dealkylation sites (tertiary alicyclic amines) is 1. The van der Waals surface area contributed by atoms with Gasteiger partial charge in [0.2, 0.25) is 15.8 Å². The maximum Gasteiger partial charge on any atom is 0.254 e. The van der Waals surface area contributed by atoms with Crippen LogP contribution in [0, 0.1) is 0 Å². The first-order chi connectivity index (χ1) is 13.3. The Morgan fingerprint density at radius 1 is 1.11 bits per heavy atom. The van der Waals surface area contributed by atoms with Gasteiger partial charge in [-0.15, -0.1) is 0 Å². The molecule has 0 spiro atoms. The molecule has 158 valence electrons. The molecule has 0 aliphatic carbocycles. The molecular weight excluding hydrogens is 384 g/mol. The van der Waals surface area contributed by atoms with E-state index in [1.165, 1.54) is 21.3 Å². The quantitative estimate of drug-likeness (QED) is 0.665. The molecule has 0 saturated carbocycles. The van der Waals surface area contributed by atoms with E-state index in [-0.39, 0.29) is 17.7 Å². The molecule has 0 atom stereocenters. The summed E-state index contributed by atoms with van der Waals surface area (Å²) in [6, 6.07) is 3.12. The zero-order chi connectivity index (χ0) is 20.7. The largest absolute Gasteiger partial charge is 0.493 e. The van der Waals surface area contributed by atoms with Crippen molar-refractivity contribution in [1.29, 1.82) is 0 Å². The van der Waals surface area contributed by atoms with E-state index in [4.69, 9.17) is 14.2 Å². The van der Waals surface area contributed by atoms with Crippen LogP contribution in [0.2, 0.25) is 0 Å². The van der Waals surface area contributed by atoms with Crippen LogP contribution in [-0.4, -0.2) is 65.4 Å². The molecule has 0 radical (unpaired) electrons. The van der Waals surface area contributed by atoms with E-state index in [2.05, 4.69) is 4.72 Å². The molecular formula is C19H30N2O6S. The number of hydrogen-bond acceptors (Lipinski definition) is 6. The highest BCUT2D eigenvalue weighted by atomic mass is 32.2. The molecule has 1 aromatic rings. The second kappa shape index (κ2) is 9.97. The normalized spacial score (nSPS) is 15.4. The number of rotatable bonds is 9. The molecule has 1 heterocycles. The fourth-order valence-electron chi connectivity index (χ4n) is 3.23. The van der Waals surface area contributed by atoms with Gasteiger partial charge < -0.3 is 19.1 Å². The van der Waals surface area contributed by atoms with Gasteiger partial charge in [-0.05, 0) is 31.4 Å². The minimum absolute atomic E-state index is 0.133. The molecule has 1 fully saturated rings. The number of nitrogens with zero attached hydrogens (tertiary/aromatic N) is 1. The predicted octanol–water partition coefficient (Wildman–Crippen LogP) is 2.04. The van der Waals surface area contributed by atoms with Crippen LogP contribution in [0.4, 0.5) is 0 Å². The van der Waals surface area contributed by atoms with Crippen molar-refractivity contribution in [3.8, 4) is 17.2 Å². The van der Waals surface area contributed by atoms with Crippen molar-refractivity contribution in [2.24, 2.45) is 0 Å². The SMILES string of the molecule is CCCCS(=O)(=O)NC1CCN(C(=O)c2cc(OC)c(OC)c(OC)c2)CC1. The summed E-state index contributed by atoms with van der Waals surface area (Å²) in [5.74, 6) is 1.27. The molecule has 1 aliphatic rings. The second-order valence-electron chi connectivity index (χ2n) is 6.77.